The van der Waals surface area contributed by atoms with E-state index in [1.165, 1.54) is 11.5 Å². The Labute approximate surface area is 140 Å². The molecule has 1 saturated heterocycles. The average molecular weight is 331 g/mol. The first-order valence-corrected chi connectivity index (χ1v) is 8.66. The summed E-state index contributed by atoms with van der Waals surface area (Å²) >= 11 is 1.20. The van der Waals surface area contributed by atoms with Gasteiger partial charge in [-0.15, -0.1) is 5.10 Å². The molecule has 1 aliphatic rings. The third-order valence-electron chi connectivity index (χ3n) is 4.24. The van der Waals surface area contributed by atoms with E-state index < -0.39 is 0 Å². The number of amides is 1. The van der Waals surface area contributed by atoms with Crippen LogP contribution in [-0.2, 0) is 6.42 Å². The highest BCUT2D eigenvalue weighted by Crippen LogP contribution is 2.29. The van der Waals surface area contributed by atoms with E-state index in [-0.39, 0.29) is 11.8 Å². The van der Waals surface area contributed by atoms with E-state index in [2.05, 4.69) is 26.0 Å². The predicted octanol–water partition coefficient (Wildman–Crippen LogP) is 2.48. The molecule has 1 N–H and O–H groups in total. The molecule has 1 amide bonds. The Kier molecular flexibility index (Phi) is 4.56. The Morgan fingerprint density at radius 1 is 1.48 bits per heavy atom. The number of rotatable bonds is 4. The van der Waals surface area contributed by atoms with Crippen molar-refractivity contribution >= 4 is 23.1 Å². The fourth-order valence-corrected chi connectivity index (χ4v) is 3.70. The molecular weight excluding hydrogens is 310 g/mol. The first-order chi connectivity index (χ1) is 11.1. The fraction of sp³-hybridized carbons (Fsp3) is 0.500. The van der Waals surface area contributed by atoms with Crippen molar-refractivity contribution in [1.29, 1.82) is 0 Å². The number of carbonyl (C=O) groups excluding carboxylic acids is 1. The van der Waals surface area contributed by atoms with Gasteiger partial charge in [0.25, 0.3) is 5.91 Å². The van der Waals surface area contributed by atoms with Crippen LogP contribution in [0.4, 0.5) is 5.69 Å². The summed E-state index contributed by atoms with van der Waals surface area (Å²) in [5.41, 5.74) is 3.92. The lowest BCUT2D eigenvalue weighted by Crippen LogP contribution is -2.28. The SMILES string of the molecule is CCc1nnsc1C(=O)N1CC[C@@H](c2cc(NC)cc(C)n2)C1. The highest BCUT2D eigenvalue weighted by atomic mass is 32.1. The monoisotopic (exact) mass is 331 g/mol. The zero-order valence-corrected chi connectivity index (χ0v) is 14.5. The molecule has 1 fully saturated rings. The van der Waals surface area contributed by atoms with Crippen LogP contribution >= 0.6 is 11.5 Å². The number of hydrogen-bond donors (Lipinski definition) is 1. The van der Waals surface area contributed by atoms with Crippen LogP contribution in [0.2, 0.25) is 0 Å². The van der Waals surface area contributed by atoms with E-state index in [0.717, 1.165) is 42.2 Å². The Morgan fingerprint density at radius 2 is 2.30 bits per heavy atom. The molecule has 2 aromatic heterocycles. The van der Waals surface area contributed by atoms with Gasteiger partial charge in [0.1, 0.15) is 4.88 Å². The highest BCUT2D eigenvalue weighted by molar-refractivity contribution is 7.08. The summed E-state index contributed by atoms with van der Waals surface area (Å²) in [4.78, 5) is 19.9. The zero-order chi connectivity index (χ0) is 16.4. The lowest BCUT2D eigenvalue weighted by atomic mass is 10.0. The van der Waals surface area contributed by atoms with Gasteiger partial charge in [-0.25, -0.2) is 0 Å². The maximum absolute atomic E-state index is 12.7. The van der Waals surface area contributed by atoms with E-state index in [4.69, 9.17) is 0 Å². The van der Waals surface area contributed by atoms with Gasteiger partial charge in [0, 0.05) is 43.1 Å². The number of likely N-dealkylation sites (tertiary alicyclic amines) is 1. The van der Waals surface area contributed by atoms with Crippen LogP contribution in [0.25, 0.3) is 0 Å². The molecule has 2 aromatic rings. The van der Waals surface area contributed by atoms with Crippen LogP contribution in [-0.4, -0.2) is 45.5 Å². The van der Waals surface area contributed by atoms with Gasteiger partial charge in [-0.1, -0.05) is 11.4 Å². The molecule has 23 heavy (non-hydrogen) atoms. The Bertz CT molecular complexity index is 714. The molecule has 7 heteroatoms. The van der Waals surface area contributed by atoms with Gasteiger partial charge in [-0.3, -0.25) is 9.78 Å². The van der Waals surface area contributed by atoms with E-state index in [9.17, 15) is 4.79 Å². The Balaban J connectivity index is 1.76. The topological polar surface area (TPSA) is 71.0 Å². The minimum atomic E-state index is 0.0563. The third-order valence-corrected chi connectivity index (χ3v) is 5.00. The molecule has 0 radical (unpaired) electrons. The lowest BCUT2D eigenvalue weighted by molar-refractivity contribution is 0.0794. The summed E-state index contributed by atoms with van der Waals surface area (Å²) in [6.45, 7) is 5.46. The minimum Gasteiger partial charge on any atom is -0.388 e. The molecule has 0 aliphatic carbocycles. The maximum Gasteiger partial charge on any atom is 0.267 e. The molecule has 0 spiro atoms. The van der Waals surface area contributed by atoms with Gasteiger partial charge < -0.3 is 10.2 Å². The smallest absolute Gasteiger partial charge is 0.267 e. The number of nitrogens with one attached hydrogen (secondary N) is 1. The van der Waals surface area contributed by atoms with Crippen LogP contribution in [0, 0.1) is 6.92 Å². The first kappa shape index (κ1) is 15.9. The largest absolute Gasteiger partial charge is 0.388 e. The van der Waals surface area contributed by atoms with Crippen LogP contribution in [0.15, 0.2) is 12.1 Å². The standard InChI is InChI=1S/C16H21N5OS/c1-4-13-15(23-20-19-13)16(22)21-6-5-11(9-21)14-8-12(17-3)7-10(2)18-14/h7-8,11H,4-6,9H2,1-3H3,(H,17,18)/t11-/m1/s1. The van der Waals surface area contributed by atoms with Crippen LogP contribution < -0.4 is 5.32 Å². The van der Waals surface area contributed by atoms with Crippen LogP contribution in [0.1, 0.15) is 46.0 Å². The molecule has 6 nitrogen and oxygen atoms in total. The van der Waals surface area contributed by atoms with Crippen molar-refractivity contribution in [2.75, 3.05) is 25.5 Å². The highest BCUT2D eigenvalue weighted by Gasteiger charge is 2.31. The molecular formula is C16H21N5OS. The second-order valence-electron chi connectivity index (χ2n) is 5.81. The quantitative estimate of drug-likeness (QED) is 0.932. The summed E-state index contributed by atoms with van der Waals surface area (Å²) in [5, 5.41) is 7.21. The third kappa shape index (κ3) is 3.19. The Morgan fingerprint density at radius 3 is 3.04 bits per heavy atom. The summed E-state index contributed by atoms with van der Waals surface area (Å²) in [6.07, 6.45) is 1.68. The second-order valence-corrected chi connectivity index (χ2v) is 6.57. The second kappa shape index (κ2) is 6.62. The van der Waals surface area contributed by atoms with Gasteiger partial charge in [0.15, 0.2) is 0 Å². The molecule has 1 atom stereocenters. The number of pyridine rings is 1. The maximum atomic E-state index is 12.7. The summed E-state index contributed by atoms with van der Waals surface area (Å²) < 4.78 is 3.92. The summed E-state index contributed by atoms with van der Waals surface area (Å²) in [7, 11) is 1.91. The Hall–Kier alpha value is -2.02. The lowest BCUT2D eigenvalue weighted by Gasteiger charge is -2.16. The van der Waals surface area contributed by atoms with E-state index >= 15 is 0 Å². The van der Waals surface area contributed by atoms with Gasteiger partial charge in [-0.05, 0) is 43.4 Å². The van der Waals surface area contributed by atoms with Crippen molar-refractivity contribution < 1.29 is 4.79 Å². The van der Waals surface area contributed by atoms with E-state index in [1.54, 1.807) is 0 Å². The van der Waals surface area contributed by atoms with Crippen molar-refractivity contribution in [2.45, 2.75) is 32.6 Å². The fourth-order valence-electron chi connectivity index (χ4n) is 2.98. The first-order valence-electron chi connectivity index (χ1n) is 7.89. The van der Waals surface area contributed by atoms with Gasteiger partial charge in [-0.2, -0.15) is 0 Å². The summed E-state index contributed by atoms with van der Waals surface area (Å²) in [6, 6.07) is 4.11. The van der Waals surface area contributed by atoms with Crippen molar-refractivity contribution in [1.82, 2.24) is 19.5 Å². The molecule has 3 heterocycles. The normalized spacial score (nSPS) is 17.5. The van der Waals surface area contributed by atoms with Crippen molar-refractivity contribution in [2.24, 2.45) is 0 Å². The number of nitrogens with zero attached hydrogens (tertiary/aromatic N) is 4. The van der Waals surface area contributed by atoms with E-state index in [1.807, 2.05) is 31.9 Å². The number of anilines is 1. The molecule has 1 aliphatic heterocycles. The molecule has 122 valence electrons. The number of carbonyl (C=O) groups is 1. The number of aryl methyl sites for hydroxylation is 2. The van der Waals surface area contributed by atoms with E-state index in [0.29, 0.717) is 11.4 Å². The molecule has 0 unspecified atom stereocenters. The van der Waals surface area contributed by atoms with Crippen LogP contribution in [0.5, 0.6) is 0 Å². The van der Waals surface area contributed by atoms with Gasteiger partial charge >= 0.3 is 0 Å². The molecule has 0 bridgehead atoms. The van der Waals surface area contributed by atoms with Crippen molar-refractivity contribution in [3.63, 3.8) is 0 Å². The number of hydrogen-bond acceptors (Lipinski definition) is 6. The average Bonchev–Trinajstić information content (AvgIpc) is 3.22. The molecule has 3 rings (SSSR count). The molecule has 0 aromatic carbocycles. The molecule has 0 saturated carbocycles. The van der Waals surface area contributed by atoms with Gasteiger partial charge in [0.05, 0.1) is 5.69 Å². The predicted molar refractivity (Wildman–Crippen MR) is 91.1 cm³/mol. The summed E-state index contributed by atoms with van der Waals surface area (Å²) in [5.74, 6) is 0.345. The van der Waals surface area contributed by atoms with Crippen molar-refractivity contribution in [3.05, 3.63) is 34.1 Å². The minimum absolute atomic E-state index is 0.0563. The van der Waals surface area contributed by atoms with Crippen LogP contribution in [0.3, 0.4) is 0 Å². The zero-order valence-electron chi connectivity index (χ0n) is 13.7. The van der Waals surface area contributed by atoms with Crippen molar-refractivity contribution in [3.8, 4) is 0 Å². The van der Waals surface area contributed by atoms with Gasteiger partial charge in [0.2, 0.25) is 0 Å². The number of aromatic nitrogens is 3.